The molecule has 2 aliphatic heterocycles. The molecule has 1 N–H and O–H groups in total. The number of ether oxygens (including phenoxy) is 1. The lowest BCUT2D eigenvalue weighted by Crippen LogP contribution is -2.53. The Morgan fingerprint density at radius 3 is 2.33 bits per heavy atom. The highest BCUT2D eigenvalue weighted by molar-refractivity contribution is 4.89. The lowest BCUT2D eigenvalue weighted by atomic mass is 10.0. The van der Waals surface area contributed by atoms with Gasteiger partial charge < -0.3 is 10.1 Å². The lowest BCUT2D eigenvalue weighted by molar-refractivity contribution is -0.0541. The van der Waals surface area contributed by atoms with Crippen molar-refractivity contribution in [3.05, 3.63) is 0 Å². The topological polar surface area (TPSA) is 24.5 Å². The number of nitrogens with one attached hydrogen (secondary N) is 1. The average molecular weight is 254 g/mol. The summed E-state index contributed by atoms with van der Waals surface area (Å²) in [6.45, 7) is 12.4. The first-order chi connectivity index (χ1) is 8.48. The molecule has 3 heteroatoms. The Bertz CT molecular complexity index is 250. The van der Waals surface area contributed by atoms with Crippen molar-refractivity contribution in [2.75, 3.05) is 19.6 Å². The van der Waals surface area contributed by atoms with Crippen molar-refractivity contribution in [2.45, 2.75) is 77.2 Å². The van der Waals surface area contributed by atoms with Crippen molar-refractivity contribution in [2.24, 2.45) is 0 Å². The van der Waals surface area contributed by atoms with Crippen LogP contribution in [0, 0.1) is 0 Å². The van der Waals surface area contributed by atoms with Crippen LogP contribution in [0.25, 0.3) is 0 Å². The van der Waals surface area contributed by atoms with Crippen LogP contribution < -0.4 is 5.32 Å². The molecule has 0 aliphatic carbocycles. The van der Waals surface area contributed by atoms with Crippen molar-refractivity contribution in [3.8, 4) is 0 Å². The average Bonchev–Trinajstić information content (AvgIpc) is 2.62. The molecule has 0 radical (unpaired) electrons. The molecule has 0 aromatic rings. The molecule has 106 valence electrons. The van der Waals surface area contributed by atoms with E-state index in [0.717, 1.165) is 19.6 Å². The van der Waals surface area contributed by atoms with Gasteiger partial charge in [0.25, 0.3) is 0 Å². The summed E-state index contributed by atoms with van der Waals surface area (Å²) < 4.78 is 5.94. The lowest BCUT2D eigenvalue weighted by Gasteiger charge is -2.39. The molecule has 0 aromatic heterocycles. The summed E-state index contributed by atoms with van der Waals surface area (Å²) in [5.74, 6) is 0. The molecule has 0 saturated carbocycles. The Balaban J connectivity index is 1.88. The Morgan fingerprint density at radius 2 is 1.83 bits per heavy atom. The van der Waals surface area contributed by atoms with Gasteiger partial charge in [-0.25, -0.2) is 0 Å². The molecule has 3 atom stereocenters. The van der Waals surface area contributed by atoms with E-state index in [4.69, 9.17) is 4.74 Å². The van der Waals surface area contributed by atoms with Gasteiger partial charge >= 0.3 is 0 Å². The fourth-order valence-corrected chi connectivity index (χ4v) is 3.12. The molecule has 2 fully saturated rings. The molecular formula is C15H30N2O. The van der Waals surface area contributed by atoms with Crippen molar-refractivity contribution in [3.63, 3.8) is 0 Å². The van der Waals surface area contributed by atoms with Crippen molar-refractivity contribution >= 4 is 0 Å². The zero-order chi connectivity index (χ0) is 13.2. The number of likely N-dealkylation sites (tertiary alicyclic amines) is 1. The van der Waals surface area contributed by atoms with Crippen LogP contribution in [0.3, 0.4) is 0 Å². The summed E-state index contributed by atoms with van der Waals surface area (Å²) >= 11 is 0. The first-order valence-electron chi connectivity index (χ1n) is 7.62. The zero-order valence-electron chi connectivity index (χ0n) is 12.5. The number of hydrogen-bond donors (Lipinski definition) is 1. The third-order valence-corrected chi connectivity index (χ3v) is 4.08. The molecule has 2 heterocycles. The van der Waals surface area contributed by atoms with Crippen LogP contribution in [0.2, 0.25) is 0 Å². The molecule has 2 saturated heterocycles. The Hall–Kier alpha value is -0.120. The number of hydrogen-bond acceptors (Lipinski definition) is 3. The third kappa shape index (κ3) is 3.94. The molecule has 3 unspecified atom stereocenters. The number of rotatable bonds is 5. The zero-order valence-corrected chi connectivity index (χ0v) is 12.5. The third-order valence-electron chi connectivity index (χ3n) is 4.08. The minimum Gasteiger partial charge on any atom is -0.372 e. The molecule has 0 amide bonds. The minimum atomic E-state index is 0.220. The number of morpholine rings is 1. The summed E-state index contributed by atoms with van der Waals surface area (Å²) in [6, 6.07) is 0.682. The second-order valence-corrected chi connectivity index (χ2v) is 6.98. The van der Waals surface area contributed by atoms with Crippen LogP contribution in [0.4, 0.5) is 0 Å². The predicted octanol–water partition coefficient (Wildman–Crippen LogP) is 2.41. The fourth-order valence-electron chi connectivity index (χ4n) is 3.12. The van der Waals surface area contributed by atoms with Gasteiger partial charge in [0.1, 0.15) is 0 Å². The number of nitrogens with zero attached hydrogens (tertiary/aromatic N) is 1. The van der Waals surface area contributed by atoms with Crippen molar-refractivity contribution in [1.82, 2.24) is 10.2 Å². The van der Waals surface area contributed by atoms with E-state index in [1.807, 2.05) is 0 Å². The maximum absolute atomic E-state index is 5.94. The summed E-state index contributed by atoms with van der Waals surface area (Å²) in [5.41, 5.74) is 0.220. The van der Waals surface area contributed by atoms with E-state index in [1.54, 1.807) is 0 Å². The summed E-state index contributed by atoms with van der Waals surface area (Å²) in [6.07, 6.45) is 6.13. The van der Waals surface area contributed by atoms with Crippen LogP contribution in [0.15, 0.2) is 0 Å². The van der Waals surface area contributed by atoms with Gasteiger partial charge in [0, 0.05) is 31.2 Å². The van der Waals surface area contributed by atoms with Gasteiger partial charge in [-0.15, -0.1) is 0 Å². The van der Waals surface area contributed by atoms with Crippen molar-refractivity contribution < 1.29 is 4.74 Å². The Labute approximate surface area is 112 Å². The van der Waals surface area contributed by atoms with Gasteiger partial charge in [0.2, 0.25) is 0 Å². The number of fused-ring (bicyclic) bond motifs is 2. The Kier molecular flexibility index (Phi) is 4.68. The quantitative estimate of drug-likeness (QED) is 0.815. The minimum absolute atomic E-state index is 0.220. The van der Waals surface area contributed by atoms with Crippen LogP contribution in [-0.4, -0.2) is 48.3 Å². The first-order valence-corrected chi connectivity index (χ1v) is 7.62. The first kappa shape index (κ1) is 14.3. The normalized spacial score (nSPS) is 30.7. The van der Waals surface area contributed by atoms with E-state index in [1.165, 1.54) is 25.7 Å². The van der Waals surface area contributed by atoms with Crippen LogP contribution in [-0.2, 0) is 4.74 Å². The predicted molar refractivity (Wildman–Crippen MR) is 75.9 cm³/mol. The van der Waals surface area contributed by atoms with Crippen LogP contribution in [0.5, 0.6) is 0 Å². The van der Waals surface area contributed by atoms with Gasteiger partial charge in [-0.05, 0) is 40.0 Å². The second kappa shape index (κ2) is 5.89. The summed E-state index contributed by atoms with van der Waals surface area (Å²) in [5, 5.41) is 3.67. The van der Waals surface area contributed by atoms with Crippen molar-refractivity contribution in [1.29, 1.82) is 0 Å². The van der Waals surface area contributed by atoms with Crippen LogP contribution >= 0.6 is 0 Å². The molecule has 2 bridgehead atoms. The SMILES string of the molecule is CCCC(CNC(C)(C)C)N1CC2CCC(C1)O2. The van der Waals surface area contributed by atoms with Crippen LogP contribution in [0.1, 0.15) is 53.4 Å². The van der Waals surface area contributed by atoms with Gasteiger partial charge in [0.05, 0.1) is 12.2 Å². The van der Waals surface area contributed by atoms with E-state index >= 15 is 0 Å². The highest BCUT2D eigenvalue weighted by Gasteiger charge is 2.36. The maximum atomic E-state index is 5.94. The molecule has 0 aromatic carbocycles. The smallest absolute Gasteiger partial charge is 0.0707 e. The molecule has 18 heavy (non-hydrogen) atoms. The van der Waals surface area contributed by atoms with E-state index in [9.17, 15) is 0 Å². The maximum Gasteiger partial charge on any atom is 0.0707 e. The molecule has 0 spiro atoms. The van der Waals surface area contributed by atoms with E-state index in [2.05, 4.69) is 37.9 Å². The van der Waals surface area contributed by atoms with Gasteiger partial charge in [0.15, 0.2) is 0 Å². The van der Waals surface area contributed by atoms with Gasteiger partial charge in [-0.3, -0.25) is 4.90 Å². The molecule has 2 rings (SSSR count). The highest BCUT2D eigenvalue weighted by Crippen LogP contribution is 2.28. The van der Waals surface area contributed by atoms with E-state index in [0.29, 0.717) is 18.2 Å². The highest BCUT2D eigenvalue weighted by atomic mass is 16.5. The molecular weight excluding hydrogens is 224 g/mol. The van der Waals surface area contributed by atoms with E-state index < -0.39 is 0 Å². The standard InChI is InChI=1S/C15H30N2O/c1-5-6-12(9-16-15(2,3)4)17-10-13-7-8-14(11-17)18-13/h12-14,16H,5-11H2,1-4H3. The van der Waals surface area contributed by atoms with E-state index in [-0.39, 0.29) is 5.54 Å². The summed E-state index contributed by atoms with van der Waals surface area (Å²) in [4.78, 5) is 2.67. The monoisotopic (exact) mass is 254 g/mol. The molecule has 3 nitrogen and oxygen atoms in total. The largest absolute Gasteiger partial charge is 0.372 e. The van der Waals surface area contributed by atoms with Gasteiger partial charge in [-0.1, -0.05) is 13.3 Å². The fraction of sp³-hybridized carbons (Fsp3) is 1.00. The van der Waals surface area contributed by atoms with Gasteiger partial charge in [-0.2, -0.15) is 0 Å². The summed E-state index contributed by atoms with van der Waals surface area (Å²) in [7, 11) is 0. The molecule has 2 aliphatic rings. The second-order valence-electron chi connectivity index (χ2n) is 6.98. The Morgan fingerprint density at radius 1 is 1.22 bits per heavy atom.